The van der Waals surface area contributed by atoms with E-state index in [4.69, 9.17) is 4.74 Å². The number of para-hydroxylation sites is 1. The number of ether oxygens (including phenoxy) is 1. The van der Waals surface area contributed by atoms with Gasteiger partial charge in [0, 0.05) is 19.2 Å². The van der Waals surface area contributed by atoms with Crippen molar-refractivity contribution in [2.24, 2.45) is 0 Å². The molecular formula is C18H22N4O2. The van der Waals surface area contributed by atoms with Gasteiger partial charge in [-0.2, -0.15) is 0 Å². The average Bonchev–Trinajstić information content (AvgIpc) is 2.59. The van der Waals surface area contributed by atoms with Gasteiger partial charge in [-0.15, -0.1) is 6.58 Å². The first-order valence-electron chi connectivity index (χ1n) is 7.74. The minimum absolute atomic E-state index is 0.242. The summed E-state index contributed by atoms with van der Waals surface area (Å²) in [6, 6.07) is 9.53. The first-order chi connectivity index (χ1) is 11.6. The van der Waals surface area contributed by atoms with E-state index >= 15 is 0 Å². The molecule has 2 N–H and O–H groups in total. The highest BCUT2D eigenvalue weighted by Gasteiger charge is 2.09. The van der Waals surface area contributed by atoms with E-state index in [2.05, 4.69) is 27.2 Å². The van der Waals surface area contributed by atoms with Crippen LogP contribution in [-0.4, -0.2) is 36.1 Å². The van der Waals surface area contributed by atoms with E-state index in [9.17, 15) is 4.79 Å². The van der Waals surface area contributed by atoms with Gasteiger partial charge < -0.3 is 15.4 Å². The van der Waals surface area contributed by atoms with Gasteiger partial charge in [-0.1, -0.05) is 24.3 Å². The minimum Gasteiger partial charge on any atom is -0.496 e. The predicted octanol–water partition coefficient (Wildman–Crippen LogP) is 2.36. The number of methoxy groups -OCH3 is 1. The molecule has 0 radical (unpaired) electrons. The molecule has 0 fully saturated rings. The van der Waals surface area contributed by atoms with Crippen LogP contribution in [-0.2, 0) is 6.42 Å². The Labute approximate surface area is 142 Å². The van der Waals surface area contributed by atoms with E-state index in [0.717, 1.165) is 17.7 Å². The van der Waals surface area contributed by atoms with Crippen molar-refractivity contribution in [3.05, 3.63) is 60.1 Å². The smallest absolute Gasteiger partial charge is 0.270 e. The highest BCUT2D eigenvalue weighted by atomic mass is 16.5. The zero-order valence-electron chi connectivity index (χ0n) is 14.0. The Morgan fingerprint density at radius 1 is 1.33 bits per heavy atom. The van der Waals surface area contributed by atoms with Crippen LogP contribution >= 0.6 is 0 Å². The van der Waals surface area contributed by atoms with Gasteiger partial charge in [0.1, 0.15) is 23.1 Å². The van der Waals surface area contributed by atoms with E-state index in [1.807, 2.05) is 24.3 Å². The van der Waals surface area contributed by atoms with Crippen LogP contribution in [0.15, 0.2) is 43.0 Å². The fraction of sp³-hybridized carbons (Fsp3) is 0.278. The Morgan fingerprint density at radius 3 is 2.88 bits per heavy atom. The SMILES string of the molecule is C=CCNC(=O)c1cc(NCCc2ccccc2OC)nc(C)n1. The van der Waals surface area contributed by atoms with Crippen LogP contribution < -0.4 is 15.4 Å². The topological polar surface area (TPSA) is 76.1 Å². The quantitative estimate of drug-likeness (QED) is 0.728. The standard InChI is InChI=1S/C18H22N4O2/c1-4-10-20-18(23)15-12-17(22-13(2)21-15)19-11-9-14-7-5-6-8-16(14)24-3/h4-8,12H,1,9-11H2,2-3H3,(H,20,23)(H,19,21,22). The summed E-state index contributed by atoms with van der Waals surface area (Å²) >= 11 is 0. The second kappa shape index (κ2) is 8.67. The number of benzene rings is 1. The maximum atomic E-state index is 12.0. The van der Waals surface area contributed by atoms with Crippen molar-refractivity contribution >= 4 is 11.7 Å². The summed E-state index contributed by atoms with van der Waals surface area (Å²) in [5.41, 5.74) is 1.45. The molecule has 24 heavy (non-hydrogen) atoms. The van der Waals surface area contributed by atoms with Gasteiger partial charge >= 0.3 is 0 Å². The third kappa shape index (κ3) is 4.81. The summed E-state index contributed by atoms with van der Waals surface area (Å²) in [5, 5.41) is 5.94. The van der Waals surface area contributed by atoms with Crippen molar-refractivity contribution in [2.75, 3.05) is 25.5 Å². The van der Waals surface area contributed by atoms with Crippen LogP contribution in [0.25, 0.3) is 0 Å². The Balaban J connectivity index is 2.00. The molecular weight excluding hydrogens is 304 g/mol. The Hall–Kier alpha value is -2.89. The molecule has 6 nitrogen and oxygen atoms in total. The molecule has 126 valence electrons. The second-order valence-electron chi connectivity index (χ2n) is 5.17. The van der Waals surface area contributed by atoms with Crippen molar-refractivity contribution in [3.8, 4) is 5.75 Å². The molecule has 0 atom stereocenters. The monoisotopic (exact) mass is 326 g/mol. The maximum Gasteiger partial charge on any atom is 0.270 e. The number of carbonyl (C=O) groups is 1. The number of carbonyl (C=O) groups excluding carboxylic acids is 1. The first-order valence-corrected chi connectivity index (χ1v) is 7.74. The number of aromatic nitrogens is 2. The van der Waals surface area contributed by atoms with Crippen molar-refractivity contribution in [2.45, 2.75) is 13.3 Å². The summed E-state index contributed by atoms with van der Waals surface area (Å²) < 4.78 is 5.34. The fourth-order valence-corrected chi connectivity index (χ4v) is 2.26. The highest BCUT2D eigenvalue weighted by Crippen LogP contribution is 2.17. The maximum absolute atomic E-state index is 12.0. The lowest BCUT2D eigenvalue weighted by Crippen LogP contribution is -2.25. The van der Waals surface area contributed by atoms with Crippen LogP contribution in [0.1, 0.15) is 21.9 Å². The van der Waals surface area contributed by atoms with Crippen LogP contribution in [0.4, 0.5) is 5.82 Å². The molecule has 1 heterocycles. The third-order valence-corrected chi connectivity index (χ3v) is 3.37. The second-order valence-corrected chi connectivity index (χ2v) is 5.17. The molecule has 1 aromatic carbocycles. The van der Waals surface area contributed by atoms with E-state index in [1.54, 1.807) is 26.2 Å². The zero-order valence-corrected chi connectivity index (χ0v) is 14.0. The first kappa shape index (κ1) is 17.5. The lowest BCUT2D eigenvalue weighted by molar-refractivity contribution is 0.0952. The number of rotatable bonds is 8. The zero-order chi connectivity index (χ0) is 17.4. The van der Waals surface area contributed by atoms with Crippen molar-refractivity contribution < 1.29 is 9.53 Å². The third-order valence-electron chi connectivity index (χ3n) is 3.37. The summed E-state index contributed by atoms with van der Waals surface area (Å²) in [7, 11) is 1.66. The van der Waals surface area contributed by atoms with E-state index in [-0.39, 0.29) is 5.91 Å². The van der Waals surface area contributed by atoms with Crippen LogP contribution in [0.2, 0.25) is 0 Å². The van der Waals surface area contributed by atoms with Crippen LogP contribution in [0.5, 0.6) is 5.75 Å². The number of aryl methyl sites for hydroxylation is 1. The summed E-state index contributed by atoms with van der Waals surface area (Å²) in [4.78, 5) is 20.5. The molecule has 6 heteroatoms. The molecule has 1 amide bonds. The van der Waals surface area contributed by atoms with Crippen molar-refractivity contribution in [1.82, 2.24) is 15.3 Å². The molecule has 0 aliphatic carbocycles. The van der Waals surface area contributed by atoms with Crippen LogP contribution in [0.3, 0.4) is 0 Å². The van der Waals surface area contributed by atoms with Gasteiger partial charge in [0.25, 0.3) is 5.91 Å². The van der Waals surface area contributed by atoms with Gasteiger partial charge in [-0.25, -0.2) is 9.97 Å². The lowest BCUT2D eigenvalue weighted by atomic mass is 10.1. The molecule has 1 aromatic heterocycles. The largest absolute Gasteiger partial charge is 0.496 e. The molecule has 0 aliphatic heterocycles. The number of hydrogen-bond acceptors (Lipinski definition) is 5. The summed E-state index contributed by atoms with van der Waals surface area (Å²) in [5.74, 6) is 1.79. The Morgan fingerprint density at radius 2 is 2.12 bits per heavy atom. The number of anilines is 1. The number of amides is 1. The molecule has 2 rings (SSSR count). The lowest BCUT2D eigenvalue weighted by Gasteiger charge is -2.10. The average molecular weight is 326 g/mol. The normalized spacial score (nSPS) is 10.1. The summed E-state index contributed by atoms with van der Waals surface area (Å²) in [6.07, 6.45) is 2.41. The van der Waals surface area contributed by atoms with Gasteiger partial charge in [-0.05, 0) is 25.0 Å². The van der Waals surface area contributed by atoms with Crippen molar-refractivity contribution in [1.29, 1.82) is 0 Å². The van der Waals surface area contributed by atoms with Gasteiger partial charge in [0.2, 0.25) is 0 Å². The number of hydrogen-bond donors (Lipinski definition) is 2. The molecule has 0 saturated carbocycles. The molecule has 2 aromatic rings. The highest BCUT2D eigenvalue weighted by molar-refractivity contribution is 5.93. The van der Waals surface area contributed by atoms with E-state index in [1.165, 1.54) is 0 Å². The van der Waals surface area contributed by atoms with E-state index in [0.29, 0.717) is 30.4 Å². The molecule has 0 unspecified atom stereocenters. The number of nitrogens with one attached hydrogen (secondary N) is 2. The predicted molar refractivity (Wildman–Crippen MR) is 94.5 cm³/mol. The van der Waals surface area contributed by atoms with Gasteiger partial charge in [0.05, 0.1) is 7.11 Å². The van der Waals surface area contributed by atoms with Gasteiger partial charge in [-0.3, -0.25) is 4.79 Å². The molecule has 0 saturated heterocycles. The van der Waals surface area contributed by atoms with Gasteiger partial charge in [0.15, 0.2) is 0 Å². The summed E-state index contributed by atoms with van der Waals surface area (Å²) in [6.45, 7) is 6.41. The number of nitrogens with zero attached hydrogens (tertiary/aromatic N) is 2. The van der Waals surface area contributed by atoms with Crippen molar-refractivity contribution in [3.63, 3.8) is 0 Å². The molecule has 0 spiro atoms. The Kier molecular flexibility index (Phi) is 6.31. The fourth-order valence-electron chi connectivity index (χ4n) is 2.26. The van der Waals surface area contributed by atoms with E-state index < -0.39 is 0 Å². The Bertz CT molecular complexity index is 716. The van der Waals surface area contributed by atoms with Crippen LogP contribution in [0, 0.1) is 6.92 Å². The molecule has 0 bridgehead atoms. The molecule has 0 aliphatic rings. The minimum atomic E-state index is -0.242.